The Morgan fingerprint density at radius 1 is 0.320 bits per heavy atom. The van der Waals surface area contributed by atoms with Gasteiger partial charge in [-0.25, -0.2) is 4.79 Å². The van der Waals surface area contributed by atoms with Gasteiger partial charge in [0.2, 0.25) is 0 Å². The number of likely N-dealkylation sites (N-methyl/N-ethyl adjacent to an activating group) is 1. The molecule has 0 aliphatic heterocycles. The smallest absolute Gasteiger partial charge is 0.361 e. The van der Waals surface area contributed by atoms with E-state index in [0.717, 1.165) is 109 Å². The molecular formula is C88H150NO8+. The van der Waals surface area contributed by atoms with Crippen molar-refractivity contribution < 1.29 is 42.9 Å². The Hall–Kier alpha value is -4.83. The van der Waals surface area contributed by atoms with Gasteiger partial charge in [-0.3, -0.25) is 9.59 Å². The first-order valence-corrected chi connectivity index (χ1v) is 40.0. The van der Waals surface area contributed by atoms with E-state index in [-0.39, 0.29) is 32.2 Å². The first kappa shape index (κ1) is 92.2. The molecule has 0 fully saturated rings. The lowest BCUT2D eigenvalue weighted by molar-refractivity contribution is -0.870. The van der Waals surface area contributed by atoms with Crippen LogP contribution in [0, 0.1) is 0 Å². The molecule has 0 aliphatic rings. The molecule has 97 heavy (non-hydrogen) atoms. The van der Waals surface area contributed by atoms with E-state index >= 15 is 0 Å². The summed E-state index contributed by atoms with van der Waals surface area (Å²) in [5.41, 5.74) is 0. The maximum absolute atomic E-state index is 13.0. The lowest BCUT2D eigenvalue weighted by Gasteiger charge is -2.25. The molecule has 554 valence electrons. The Labute approximate surface area is 598 Å². The minimum absolute atomic E-state index is 0.183. The Kier molecular flexibility index (Phi) is 73.1. The summed E-state index contributed by atoms with van der Waals surface area (Å²) in [7, 11) is 5.98. The number of carbonyl (C=O) groups is 3. The van der Waals surface area contributed by atoms with Crippen molar-refractivity contribution in [1.29, 1.82) is 0 Å². The van der Waals surface area contributed by atoms with Crippen LogP contribution in [0.5, 0.6) is 0 Å². The molecule has 1 N–H and O–H groups in total. The van der Waals surface area contributed by atoms with Crippen LogP contribution in [0.2, 0.25) is 0 Å². The van der Waals surface area contributed by atoms with E-state index < -0.39 is 24.3 Å². The number of hydrogen-bond donors (Lipinski definition) is 1. The quantitative estimate of drug-likeness (QED) is 0.0211. The second kappa shape index (κ2) is 76.9. The zero-order valence-corrected chi connectivity index (χ0v) is 63.4. The van der Waals surface area contributed by atoms with Gasteiger partial charge in [0.1, 0.15) is 13.2 Å². The Morgan fingerprint density at radius 2 is 0.588 bits per heavy atom. The third kappa shape index (κ3) is 78.4. The van der Waals surface area contributed by atoms with Gasteiger partial charge in [-0.2, -0.15) is 0 Å². The highest BCUT2D eigenvalue weighted by Crippen LogP contribution is 2.18. The average molecular weight is 1350 g/mol. The topological polar surface area (TPSA) is 108 Å². The van der Waals surface area contributed by atoms with Crippen LogP contribution in [-0.2, 0) is 33.3 Å². The maximum Gasteiger partial charge on any atom is 0.361 e. The van der Waals surface area contributed by atoms with Crippen molar-refractivity contribution in [2.45, 2.75) is 347 Å². The number of carboxylic acid groups (broad SMARTS) is 1. The fourth-order valence-corrected chi connectivity index (χ4v) is 11.0. The number of hydrogen-bond acceptors (Lipinski definition) is 7. The molecular weight excluding hydrogens is 1200 g/mol. The molecule has 9 nitrogen and oxygen atoms in total. The third-order valence-corrected chi connectivity index (χ3v) is 17.1. The van der Waals surface area contributed by atoms with E-state index in [0.29, 0.717) is 23.9 Å². The Bertz CT molecular complexity index is 2110. The minimum Gasteiger partial charge on any atom is -0.477 e. The van der Waals surface area contributed by atoms with Gasteiger partial charge in [0.15, 0.2) is 6.10 Å². The van der Waals surface area contributed by atoms with Crippen molar-refractivity contribution in [2.24, 2.45) is 0 Å². The first-order valence-electron chi connectivity index (χ1n) is 40.0. The zero-order chi connectivity index (χ0) is 70.4. The molecule has 0 bridgehead atoms. The molecule has 0 rings (SSSR count). The zero-order valence-electron chi connectivity index (χ0n) is 63.4. The van der Waals surface area contributed by atoms with Gasteiger partial charge in [0, 0.05) is 12.8 Å². The molecule has 2 atom stereocenters. The monoisotopic (exact) mass is 1350 g/mol. The average Bonchev–Trinajstić information content (AvgIpc) is 3.27. The van der Waals surface area contributed by atoms with Crippen molar-refractivity contribution in [1.82, 2.24) is 0 Å². The summed E-state index contributed by atoms with van der Waals surface area (Å²) in [4.78, 5) is 37.7. The number of unbranched alkanes of at least 4 members (excludes halogenated alkanes) is 34. The normalized spacial score (nSPS) is 13.5. The van der Waals surface area contributed by atoms with Gasteiger partial charge in [0.05, 0.1) is 34.4 Å². The maximum atomic E-state index is 13.0. The highest BCUT2D eigenvalue weighted by atomic mass is 16.7. The lowest BCUT2D eigenvalue weighted by Crippen LogP contribution is -2.40. The highest BCUT2D eigenvalue weighted by molar-refractivity contribution is 5.71. The second-order valence-electron chi connectivity index (χ2n) is 27.6. The number of quaternary nitrogens is 1. The molecule has 0 aromatic heterocycles. The summed E-state index contributed by atoms with van der Waals surface area (Å²) in [6.07, 6.45) is 110. The molecule has 0 heterocycles. The van der Waals surface area contributed by atoms with Crippen LogP contribution in [0.4, 0.5) is 0 Å². The number of carbonyl (C=O) groups excluding carboxylic acids is 2. The van der Waals surface area contributed by atoms with Crippen LogP contribution in [0.25, 0.3) is 0 Å². The van der Waals surface area contributed by atoms with Crippen molar-refractivity contribution in [3.63, 3.8) is 0 Å². The van der Waals surface area contributed by atoms with Crippen LogP contribution in [0.15, 0.2) is 146 Å². The molecule has 2 unspecified atom stereocenters. The molecule has 0 radical (unpaired) electrons. The van der Waals surface area contributed by atoms with Crippen LogP contribution in [0.1, 0.15) is 335 Å². The summed E-state index contributed by atoms with van der Waals surface area (Å²) in [5.74, 6) is -2.00. The number of rotatable bonds is 73. The molecule has 9 heteroatoms. The predicted molar refractivity (Wildman–Crippen MR) is 419 cm³/mol. The lowest BCUT2D eigenvalue weighted by atomic mass is 10.0. The van der Waals surface area contributed by atoms with E-state index in [4.69, 9.17) is 18.9 Å². The number of allylic oxidation sites excluding steroid dienone is 24. The van der Waals surface area contributed by atoms with Crippen LogP contribution < -0.4 is 0 Å². The van der Waals surface area contributed by atoms with Gasteiger partial charge in [-0.1, -0.05) is 346 Å². The number of nitrogens with zero attached hydrogens (tertiary/aromatic N) is 1. The summed E-state index contributed by atoms with van der Waals surface area (Å²) in [6, 6.07) is 0. The van der Waals surface area contributed by atoms with Crippen LogP contribution in [-0.4, -0.2) is 87.4 Å². The van der Waals surface area contributed by atoms with Gasteiger partial charge in [0.25, 0.3) is 6.29 Å². The van der Waals surface area contributed by atoms with E-state index in [1.165, 1.54) is 193 Å². The molecule has 0 spiro atoms. The van der Waals surface area contributed by atoms with Gasteiger partial charge >= 0.3 is 17.9 Å². The van der Waals surface area contributed by atoms with Gasteiger partial charge in [-0.05, 0) is 122 Å². The van der Waals surface area contributed by atoms with E-state index in [2.05, 4.69) is 160 Å². The fourth-order valence-electron chi connectivity index (χ4n) is 11.0. The van der Waals surface area contributed by atoms with Crippen LogP contribution >= 0.6 is 0 Å². The number of carboxylic acids is 1. The number of esters is 2. The molecule has 0 aliphatic carbocycles. The number of aliphatic carboxylic acids is 1. The van der Waals surface area contributed by atoms with Crippen molar-refractivity contribution in [3.05, 3.63) is 146 Å². The molecule has 0 saturated heterocycles. The van der Waals surface area contributed by atoms with Gasteiger partial charge in [-0.15, -0.1) is 0 Å². The van der Waals surface area contributed by atoms with Crippen molar-refractivity contribution in [3.8, 4) is 0 Å². The fraction of sp³-hybridized carbons (Fsp3) is 0.693. The summed E-state index contributed by atoms with van der Waals surface area (Å²) in [6.45, 7) is 4.77. The van der Waals surface area contributed by atoms with Crippen LogP contribution in [0.3, 0.4) is 0 Å². The second-order valence-corrected chi connectivity index (χ2v) is 27.6. The van der Waals surface area contributed by atoms with E-state index in [1.54, 1.807) is 0 Å². The third-order valence-electron chi connectivity index (χ3n) is 17.1. The summed E-state index contributed by atoms with van der Waals surface area (Å²) < 4.78 is 23.0. The Morgan fingerprint density at radius 3 is 0.876 bits per heavy atom. The van der Waals surface area contributed by atoms with Crippen molar-refractivity contribution in [2.75, 3.05) is 47.5 Å². The van der Waals surface area contributed by atoms with Crippen molar-refractivity contribution >= 4 is 17.9 Å². The van der Waals surface area contributed by atoms with E-state index in [9.17, 15) is 19.5 Å². The SMILES string of the molecule is CC/C=C\C/C=C\C/C=C\C/C=C\C/C=C\C/C=C\C/C=C\C/C=C\C/C=C\CCCCCCCCCCCCCCCC(=O)OC(COC(=O)CCCCCCCCCCCCCCCCCC/C=C\C/C=C\C/C=C\CCCCCCC)COC(OCC[N+](C)(C)C)C(=O)O. The van der Waals surface area contributed by atoms with E-state index in [1.807, 2.05) is 21.1 Å². The highest BCUT2D eigenvalue weighted by Gasteiger charge is 2.25. The molecule has 0 aromatic carbocycles. The standard InChI is InChI=1S/C88H149NO8/c1-6-8-10-12-14-16-18-20-22-24-26-28-30-32-34-36-38-39-40-41-42-43-44-45-46-47-49-51-53-55-57-59-61-63-65-67-69-71-73-75-77-79-86(91)97-84(83-96-88(87(92)93)94-81-80-89(3,4)5)82-95-85(90)78-76-74-72-70-68-66-64-62-60-58-56-54-52-50-48-37-35-33-31-29-27-25-23-21-19-17-15-13-11-9-7-2/h8,10,14,16,19-22,25-28,31-34,38-39,41-42,44-45,47,49,84,88H,6-7,9,11-13,15,17-18,23-24,29-30,35-37,40,43,46,48,50-83H2,1-5H3/p+1/b10-8-,16-14-,21-19-,22-20-,27-25-,28-26-,33-31-,34-32-,39-38-,42-41-,45-44-,49-47-. The molecule has 0 saturated carbocycles. The molecule has 0 amide bonds. The first-order chi connectivity index (χ1) is 47.6. The minimum atomic E-state index is -1.52. The predicted octanol–water partition coefficient (Wildman–Crippen LogP) is 25.8. The molecule has 0 aromatic rings. The van der Waals surface area contributed by atoms with Gasteiger partial charge < -0.3 is 28.5 Å². The summed E-state index contributed by atoms with van der Waals surface area (Å²) >= 11 is 0. The number of ether oxygens (including phenoxy) is 4. The summed E-state index contributed by atoms with van der Waals surface area (Å²) in [5, 5.41) is 9.78. The largest absolute Gasteiger partial charge is 0.477 e. The Balaban J connectivity index is 4.07.